The minimum absolute atomic E-state index is 0.131. The highest BCUT2D eigenvalue weighted by molar-refractivity contribution is 7.17. The molecule has 0 aliphatic heterocycles. The summed E-state index contributed by atoms with van der Waals surface area (Å²) in [4.78, 5) is 35.6. The van der Waals surface area contributed by atoms with E-state index >= 15 is 0 Å². The molecule has 0 unspecified atom stereocenters. The van der Waals surface area contributed by atoms with Crippen molar-refractivity contribution in [2.75, 3.05) is 0 Å². The van der Waals surface area contributed by atoms with E-state index < -0.39 is 0 Å². The first-order valence-electron chi connectivity index (χ1n) is 10.1. The third-order valence-corrected chi connectivity index (χ3v) is 7.44. The average Bonchev–Trinajstić information content (AvgIpc) is 3.48. The first-order valence-corrected chi connectivity index (χ1v) is 11.8. The molecule has 0 fully saturated rings. The molecule has 0 aromatic carbocycles. The van der Waals surface area contributed by atoms with E-state index in [0.29, 0.717) is 40.0 Å². The van der Waals surface area contributed by atoms with Gasteiger partial charge in [0.15, 0.2) is 0 Å². The minimum atomic E-state index is -0.220. The van der Waals surface area contributed by atoms with Crippen LogP contribution in [0.25, 0.3) is 10.6 Å². The van der Waals surface area contributed by atoms with Gasteiger partial charge in [-0.3, -0.25) is 9.59 Å². The first kappa shape index (κ1) is 22.2. The van der Waals surface area contributed by atoms with Crippen LogP contribution in [0.1, 0.15) is 42.1 Å². The summed E-state index contributed by atoms with van der Waals surface area (Å²) in [5, 5.41) is 4.78. The Morgan fingerprint density at radius 3 is 2.53 bits per heavy atom. The summed E-state index contributed by atoms with van der Waals surface area (Å²) >= 11 is 2.92. The van der Waals surface area contributed by atoms with Gasteiger partial charge >= 0.3 is 0 Å². The zero-order valence-electron chi connectivity index (χ0n) is 18.6. The van der Waals surface area contributed by atoms with Gasteiger partial charge in [0, 0.05) is 16.8 Å². The van der Waals surface area contributed by atoms with E-state index in [2.05, 4.69) is 16.1 Å². The summed E-state index contributed by atoms with van der Waals surface area (Å²) in [6.45, 7) is 8.40. The van der Waals surface area contributed by atoms with Crippen LogP contribution in [0.15, 0.2) is 39.7 Å². The fraction of sp³-hybridized carbons (Fsp3) is 0.304. The summed E-state index contributed by atoms with van der Waals surface area (Å²) < 4.78 is 6.82. The molecule has 0 saturated carbocycles. The number of rotatable bonds is 6. The topological polar surface area (TPSA) is 81.2 Å². The van der Waals surface area contributed by atoms with Gasteiger partial charge in [-0.15, -0.1) is 22.7 Å². The summed E-state index contributed by atoms with van der Waals surface area (Å²) in [6.07, 6.45) is 1.60. The second-order valence-corrected chi connectivity index (χ2v) is 10.1. The largest absolute Gasteiger partial charge is 0.467 e. The van der Waals surface area contributed by atoms with Crippen LogP contribution in [0.5, 0.6) is 0 Å². The van der Waals surface area contributed by atoms with Crippen molar-refractivity contribution < 1.29 is 9.21 Å². The zero-order valence-corrected chi connectivity index (χ0v) is 20.3. The fourth-order valence-electron chi connectivity index (χ4n) is 3.49. The highest BCUT2D eigenvalue weighted by Crippen LogP contribution is 2.30. The van der Waals surface area contributed by atoms with E-state index in [9.17, 15) is 9.59 Å². The molecule has 0 radical (unpaired) electrons. The van der Waals surface area contributed by atoms with Crippen molar-refractivity contribution in [2.24, 2.45) is 7.05 Å². The smallest absolute Gasteiger partial charge is 0.277 e. The Labute approximate surface area is 194 Å². The quantitative estimate of drug-likeness (QED) is 0.412. The fourth-order valence-corrected chi connectivity index (χ4v) is 5.53. The monoisotopic (exact) mass is 468 g/mol. The van der Waals surface area contributed by atoms with Crippen molar-refractivity contribution in [1.29, 1.82) is 0 Å². The summed E-state index contributed by atoms with van der Waals surface area (Å²) in [5.74, 6) is 0.581. The molecule has 4 heterocycles. The minimum Gasteiger partial charge on any atom is -0.467 e. The number of hydrogen-bond donors (Lipinski definition) is 0. The van der Waals surface area contributed by atoms with Gasteiger partial charge in [0.1, 0.15) is 15.6 Å². The second kappa shape index (κ2) is 8.84. The lowest BCUT2D eigenvalue weighted by Gasteiger charge is -2.20. The predicted octanol–water partition coefficient (Wildman–Crippen LogP) is 4.63. The predicted molar refractivity (Wildman–Crippen MR) is 126 cm³/mol. The molecule has 0 N–H and O–H groups in total. The van der Waals surface area contributed by atoms with Crippen LogP contribution in [0.3, 0.4) is 0 Å². The van der Waals surface area contributed by atoms with Crippen molar-refractivity contribution in [3.63, 3.8) is 0 Å². The number of carbonyl (C=O) groups excluding carboxylic acids is 1. The lowest BCUT2D eigenvalue weighted by Crippen LogP contribution is -2.29. The molecule has 0 bridgehead atoms. The number of furan rings is 1. The molecule has 0 saturated heterocycles. The number of thiazole rings is 1. The van der Waals surface area contributed by atoms with Crippen LogP contribution in [-0.2, 0) is 20.1 Å². The molecule has 0 atom stereocenters. The average molecular weight is 469 g/mol. The summed E-state index contributed by atoms with van der Waals surface area (Å²) in [6, 6.07) is 7.77. The van der Waals surface area contributed by atoms with Crippen molar-refractivity contribution in [2.45, 2.75) is 40.8 Å². The Balaban J connectivity index is 1.72. The Morgan fingerprint density at radius 1 is 1.09 bits per heavy atom. The second-order valence-electron chi connectivity index (χ2n) is 7.70. The van der Waals surface area contributed by atoms with Crippen LogP contribution >= 0.6 is 22.7 Å². The summed E-state index contributed by atoms with van der Waals surface area (Å²) in [7, 11) is 1.62. The molecule has 9 heteroatoms. The van der Waals surface area contributed by atoms with Crippen LogP contribution < -0.4 is 5.56 Å². The molecule has 1 amide bonds. The molecular formula is C23H24N4O3S2. The van der Waals surface area contributed by atoms with Crippen molar-refractivity contribution >= 4 is 28.6 Å². The van der Waals surface area contributed by atoms with Gasteiger partial charge in [-0.05, 0) is 57.5 Å². The molecule has 4 aromatic rings. The molecule has 32 heavy (non-hydrogen) atoms. The molecule has 0 aliphatic carbocycles. The van der Waals surface area contributed by atoms with Crippen LogP contribution in [-0.4, -0.2) is 25.6 Å². The first-order chi connectivity index (χ1) is 15.2. The number of nitrogens with zero attached hydrogens (tertiary/aromatic N) is 4. The van der Waals surface area contributed by atoms with E-state index in [1.54, 1.807) is 36.5 Å². The number of aromatic nitrogens is 3. The SMILES string of the molecule is Cc1ccc(CN(Cc2ccco2)C(=O)c2sc(-c3c(C)c(C)nn(C)c3=O)nc2C)s1. The number of thiophene rings is 1. The highest BCUT2D eigenvalue weighted by Gasteiger charge is 2.25. The van der Waals surface area contributed by atoms with Crippen molar-refractivity contribution in [3.05, 3.63) is 78.2 Å². The maximum atomic E-state index is 13.6. The lowest BCUT2D eigenvalue weighted by molar-refractivity contribution is 0.0723. The van der Waals surface area contributed by atoms with E-state index in [4.69, 9.17) is 4.42 Å². The Morgan fingerprint density at radius 2 is 1.88 bits per heavy atom. The third kappa shape index (κ3) is 4.31. The third-order valence-electron chi connectivity index (χ3n) is 5.29. The summed E-state index contributed by atoms with van der Waals surface area (Å²) in [5.41, 5.74) is 2.43. The molecule has 0 spiro atoms. The molecular weight excluding hydrogens is 444 g/mol. The molecule has 4 aromatic heterocycles. The van der Waals surface area contributed by atoms with Gasteiger partial charge in [-0.2, -0.15) is 5.10 Å². The van der Waals surface area contributed by atoms with E-state index in [-0.39, 0.29) is 11.5 Å². The number of aryl methyl sites for hydroxylation is 4. The van der Waals surface area contributed by atoms with Crippen LogP contribution in [0.2, 0.25) is 0 Å². The van der Waals surface area contributed by atoms with Gasteiger partial charge in [0.05, 0.1) is 36.3 Å². The number of carbonyl (C=O) groups is 1. The maximum absolute atomic E-state index is 13.6. The van der Waals surface area contributed by atoms with Crippen LogP contribution in [0, 0.1) is 27.7 Å². The van der Waals surface area contributed by atoms with E-state index in [1.807, 2.05) is 39.0 Å². The zero-order chi connectivity index (χ0) is 23.0. The molecule has 7 nitrogen and oxygen atoms in total. The normalized spacial score (nSPS) is 11.2. The van der Waals surface area contributed by atoms with Gasteiger partial charge in [-0.25, -0.2) is 9.67 Å². The Bertz CT molecular complexity index is 1330. The Kier molecular flexibility index (Phi) is 6.12. The van der Waals surface area contributed by atoms with E-state index in [0.717, 1.165) is 16.1 Å². The lowest BCUT2D eigenvalue weighted by atomic mass is 10.1. The maximum Gasteiger partial charge on any atom is 0.277 e. The standard InChI is InChI=1S/C23H24N4O3S2/c1-13-8-9-18(31-13)12-27(11-17-7-6-10-30-17)23(29)20-16(4)24-21(32-20)19-14(2)15(3)25-26(5)22(19)28/h6-10H,11-12H2,1-5H3. The number of amides is 1. The van der Waals surface area contributed by atoms with Gasteiger partial charge < -0.3 is 9.32 Å². The van der Waals surface area contributed by atoms with Crippen LogP contribution in [0.4, 0.5) is 0 Å². The highest BCUT2D eigenvalue weighted by atomic mass is 32.1. The van der Waals surface area contributed by atoms with Gasteiger partial charge in [0.2, 0.25) is 0 Å². The molecule has 0 aliphatic rings. The molecule has 166 valence electrons. The number of hydrogen-bond acceptors (Lipinski definition) is 7. The van der Waals surface area contributed by atoms with Crippen molar-refractivity contribution in [1.82, 2.24) is 19.7 Å². The van der Waals surface area contributed by atoms with Gasteiger partial charge in [0.25, 0.3) is 11.5 Å². The van der Waals surface area contributed by atoms with Crippen molar-refractivity contribution in [3.8, 4) is 10.6 Å². The Hall–Kier alpha value is -3.04. The van der Waals surface area contributed by atoms with E-state index in [1.165, 1.54) is 20.9 Å². The van der Waals surface area contributed by atoms with Gasteiger partial charge in [-0.1, -0.05) is 0 Å². The molecule has 4 rings (SSSR count).